The first kappa shape index (κ1) is 18.7. The maximum atomic E-state index is 12.3. The molecule has 0 spiro atoms. The van der Waals surface area contributed by atoms with Gasteiger partial charge in [-0.1, -0.05) is 48.5 Å². The molecule has 0 aliphatic heterocycles. The van der Waals surface area contributed by atoms with Gasteiger partial charge in [0.25, 0.3) is 0 Å². The number of sulfone groups is 1. The van der Waals surface area contributed by atoms with E-state index < -0.39 is 9.84 Å². The van der Waals surface area contributed by atoms with Gasteiger partial charge in [0.15, 0.2) is 9.84 Å². The lowest BCUT2D eigenvalue weighted by Gasteiger charge is -2.32. The Morgan fingerprint density at radius 2 is 1.74 bits per heavy atom. The largest absolute Gasteiger partial charge is 0.327 e. The van der Waals surface area contributed by atoms with Crippen molar-refractivity contribution in [2.45, 2.75) is 50.5 Å². The number of nitrogens with two attached hydrogens (primary N) is 1. The van der Waals surface area contributed by atoms with E-state index in [0.29, 0.717) is 24.0 Å². The zero-order valence-corrected chi connectivity index (χ0v) is 16.6. The molecular weight excluding hydrogens is 354 g/mol. The highest BCUT2D eigenvalue weighted by atomic mass is 32.2. The molecule has 2 atom stereocenters. The molecule has 0 heterocycles. The summed E-state index contributed by atoms with van der Waals surface area (Å²) in [6, 6.07) is 17.2. The Morgan fingerprint density at radius 1 is 0.963 bits per heavy atom. The van der Waals surface area contributed by atoms with Crippen LogP contribution in [0, 0.1) is 5.92 Å². The second-order valence-corrected chi connectivity index (χ2v) is 10.6. The third-order valence-corrected chi connectivity index (χ3v) is 7.87. The molecule has 2 aromatic carbocycles. The molecule has 2 unspecified atom stereocenters. The highest BCUT2D eigenvalue weighted by molar-refractivity contribution is 7.91. The molecule has 1 fully saturated rings. The molecular formula is C23H29NO2S. The van der Waals surface area contributed by atoms with Crippen LogP contribution < -0.4 is 5.73 Å². The summed E-state index contributed by atoms with van der Waals surface area (Å²) >= 11 is 0. The first-order valence-electron chi connectivity index (χ1n) is 10.1. The number of aryl methyl sites for hydroxylation is 2. The number of rotatable bonds is 7. The predicted octanol–water partition coefficient (Wildman–Crippen LogP) is 3.65. The molecule has 3 nitrogen and oxygen atoms in total. The predicted molar refractivity (Wildman–Crippen MR) is 111 cm³/mol. The van der Waals surface area contributed by atoms with Crippen molar-refractivity contribution in [2.24, 2.45) is 11.7 Å². The van der Waals surface area contributed by atoms with Gasteiger partial charge in [-0.05, 0) is 66.7 Å². The Bertz CT molecular complexity index is 888. The van der Waals surface area contributed by atoms with Crippen LogP contribution in [0.5, 0.6) is 0 Å². The number of benzene rings is 2. The molecule has 4 rings (SSSR count). The molecule has 144 valence electrons. The maximum Gasteiger partial charge on any atom is 0.150 e. The van der Waals surface area contributed by atoms with Crippen molar-refractivity contribution in [3.63, 3.8) is 0 Å². The number of fused-ring (bicyclic) bond motifs is 1. The summed E-state index contributed by atoms with van der Waals surface area (Å²) in [7, 11) is -2.94. The third kappa shape index (κ3) is 4.80. The molecule has 0 amide bonds. The van der Waals surface area contributed by atoms with E-state index in [0.717, 1.165) is 37.7 Å². The van der Waals surface area contributed by atoms with Crippen molar-refractivity contribution in [2.75, 3.05) is 11.5 Å². The van der Waals surface area contributed by atoms with Crippen molar-refractivity contribution >= 4 is 9.84 Å². The van der Waals surface area contributed by atoms with Crippen LogP contribution in [0.25, 0.3) is 0 Å². The van der Waals surface area contributed by atoms with Crippen molar-refractivity contribution in [1.29, 1.82) is 0 Å². The normalized spacial score (nSPS) is 22.4. The molecule has 2 aliphatic carbocycles. The average Bonchev–Trinajstić information content (AvgIpc) is 3.46. The molecule has 2 aromatic rings. The minimum atomic E-state index is -2.94. The van der Waals surface area contributed by atoms with Crippen molar-refractivity contribution < 1.29 is 8.42 Å². The summed E-state index contributed by atoms with van der Waals surface area (Å²) in [4.78, 5) is 0. The van der Waals surface area contributed by atoms with Crippen LogP contribution in [0.3, 0.4) is 0 Å². The second kappa shape index (κ2) is 7.76. The van der Waals surface area contributed by atoms with Gasteiger partial charge in [0.2, 0.25) is 0 Å². The number of hydrogen-bond donors (Lipinski definition) is 1. The smallest absolute Gasteiger partial charge is 0.150 e. The summed E-state index contributed by atoms with van der Waals surface area (Å²) < 4.78 is 24.6. The molecule has 0 aromatic heterocycles. The van der Waals surface area contributed by atoms with Gasteiger partial charge in [-0.3, -0.25) is 0 Å². The zero-order chi connectivity index (χ0) is 18.9. The molecule has 2 aliphatic rings. The minimum absolute atomic E-state index is 0.159. The van der Waals surface area contributed by atoms with Gasteiger partial charge in [-0.15, -0.1) is 0 Å². The van der Waals surface area contributed by atoms with Gasteiger partial charge in [0.1, 0.15) is 0 Å². The van der Waals surface area contributed by atoms with E-state index in [-0.39, 0.29) is 11.8 Å². The SMILES string of the molecule is NC1CCc2ccc(CCS(=O)(=O)CC3CC3)cc2C1Cc1ccccc1. The van der Waals surface area contributed by atoms with Crippen LogP contribution >= 0.6 is 0 Å². The van der Waals surface area contributed by atoms with Crippen LogP contribution in [0.2, 0.25) is 0 Å². The van der Waals surface area contributed by atoms with Crippen LogP contribution in [0.1, 0.15) is 47.4 Å². The first-order chi connectivity index (χ1) is 13.0. The van der Waals surface area contributed by atoms with Crippen LogP contribution in [-0.4, -0.2) is 26.0 Å². The lowest BCUT2D eigenvalue weighted by atomic mass is 9.76. The lowest BCUT2D eigenvalue weighted by Crippen LogP contribution is -2.34. The van der Waals surface area contributed by atoms with E-state index in [1.165, 1.54) is 16.7 Å². The van der Waals surface area contributed by atoms with E-state index in [1.54, 1.807) is 0 Å². The zero-order valence-electron chi connectivity index (χ0n) is 15.8. The highest BCUT2D eigenvalue weighted by Crippen LogP contribution is 2.35. The molecule has 1 saturated carbocycles. The summed E-state index contributed by atoms with van der Waals surface area (Å²) in [5, 5.41) is 0. The highest BCUT2D eigenvalue weighted by Gasteiger charge is 2.29. The van der Waals surface area contributed by atoms with Gasteiger partial charge in [0.05, 0.1) is 11.5 Å². The van der Waals surface area contributed by atoms with Crippen molar-refractivity contribution in [3.05, 3.63) is 70.8 Å². The standard InChI is InChI=1S/C23H29NO2S/c24-23-11-10-20-9-8-18(12-13-27(25,26)16-19-6-7-19)14-21(20)22(23)15-17-4-2-1-3-5-17/h1-5,8-9,14,19,22-23H,6-7,10-13,15-16,24H2. The Labute approximate surface area is 162 Å². The average molecular weight is 384 g/mol. The molecule has 0 bridgehead atoms. The van der Waals surface area contributed by atoms with Gasteiger partial charge in [-0.25, -0.2) is 8.42 Å². The van der Waals surface area contributed by atoms with E-state index in [4.69, 9.17) is 5.73 Å². The number of hydrogen-bond acceptors (Lipinski definition) is 3. The minimum Gasteiger partial charge on any atom is -0.327 e. The Balaban J connectivity index is 1.51. The summed E-state index contributed by atoms with van der Waals surface area (Å²) in [6.45, 7) is 0. The van der Waals surface area contributed by atoms with Gasteiger partial charge in [0, 0.05) is 12.0 Å². The Morgan fingerprint density at radius 3 is 2.48 bits per heavy atom. The van der Waals surface area contributed by atoms with Crippen LogP contribution in [-0.2, 0) is 29.1 Å². The van der Waals surface area contributed by atoms with Gasteiger partial charge < -0.3 is 5.73 Å². The topological polar surface area (TPSA) is 60.2 Å². The first-order valence-corrected chi connectivity index (χ1v) is 11.9. The molecule has 0 radical (unpaired) electrons. The maximum absolute atomic E-state index is 12.3. The van der Waals surface area contributed by atoms with E-state index in [2.05, 4.69) is 42.5 Å². The van der Waals surface area contributed by atoms with Crippen molar-refractivity contribution in [1.82, 2.24) is 0 Å². The van der Waals surface area contributed by atoms with Crippen LogP contribution in [0.15, 0.2) is 48.5 Å². The van der Waals surface area contributed by atoms with E-state index >= 15 is 0 Å². The quantitative estimate of drug-likeness (QED) is 0.794. The van der Waals surface area contributed by atoms with E-state index in [9.17, 15) is 8.42 Å². The molecule has 4 heteroatoms. The lowest BCUT2D eigenvalue weighted by molar-refractivity contribution is 0.467. The second-order valence-electron chi connectivity index (χ2n) is 8.34. The third-order valence-electron chi connectivity index (χ3n) is 6.06. The summed E-state index contributed by atoms with van der Waals surface area (Å²) in [6.07, 6.45) is 5.74. The molecule has 0 saturated heterocycles. The van der Waals surface area contributed by atoms with Gasteiger partial charge in [-0.2, -0.15) is 0 Å². The Hall–Kier alpha value is -1.65. The Kier molecular flexibility index (Phi) is 5.38. The van der Waals surface area contributed by atoms with Crippen LogP contribution in [0.4, 0.5) is 0 Å². The van der Waals surface area contributed by atoms with Crippen molar-refractivity contribution in [3.8, 4) is 0 Å². The fraction of sp³-hybridized carbons (Fsp3) is 0.478. The molecule has 27 heavy (non-hydrogen) atoms. The monoisotopic (exact) mass is 383 g/mol. The molecule has 2 N–H and O–H groups in total. The summed E-state index contributed by atoms with van der Waals surface area (Å²) in [5.74, 6) is 1.36. The van der Waals surface area contributed by atoms with Gasteiger partial charge >= 0.3 is 0 Å². The summed E-state index contributed by atoms with van der Waals surface area (Å²) in [5.41, 5.74) is 11.6. The van der Waals surface area contributed by atoms with E-state index in [1.807, 2.05) is 6.07 Å². The fourth-order valence-corrected chi connectivity index (χ4v) is 6.02. The fourth-order valence-electron chi connectivity index (χ4n) is 4.26.